The van der Waals surface area contributed by atoms with Crippen LogP contribution in [0.25, 0.3) is 0 Å². The zero-order valence-corrected chi connectivity index (χ0v) is 13.2. The van der Waals surface area contributed by atoms with Crippen LogP contribution in [0.2, 0.25) is 0 Å². The number of hydrogen-bond acceptors (Lipinski definition) is 1. The number of nitriles is 1. The van der Waals surface area contributed by atoms with Gasteiger partial charge >= 0.3 is 0 Å². The summed E-state index contributed by atoms with van der Waals surface area (Å²) in [6.45, 7) is 0. The molecule has 0 saturated heterocycles. The lowest BCUT2D eigenvalue weighted by Crippen LogP contribution is -2.30. The summed E-state index contributed by atoms with van der Waals surface area (Å²) in [6, 6.07) is 15.6. The van der Waals surface area contributed by atoms with E-state index in [2.05, 4.69) is 34.1 Å². The number of benzene rings is 2. The van der Waals surface area contributed by atoms with E-state index in [9.17, 15) is 9.65 Å². The van der Waals surface area contributed by atoms with Crippen molar-refractivity contribution in [2.45, 2.75) is 25.7 Å². The molecule has 0 radical (unpaired) electrons. The molecule has 1 atom stereocenters. The Labute approximate surface area is 132 Å². The molecule has 0 N–H and O–H groups in total. The Hall–Kier alpha value is -1.66. The van der Waals surface area contributed by atoms with Gasteiger partial charge in [-0.15, -0.1) is 0 Å². The Balaban J connectivity index is 1.93. The fraction of sp³-hybridized carbons (Fsp3) is 0.278. The van der Waals surface area contributed by atoms with Gasteiger partial charge in [0.2, 0.25) is 0 Å². The maximum atomic E-state index is 14.0. The SMILES string of the molecule is N#CC1(Cc2cc(Br)ccc2F)CCc2ccccc2C1. The van der Waals surface area contributed by atoms with Crippen molar-refractivity contribution < 1.29 is 4.39 Å². The van der Waals surface area contributed by atoms with E-state index < -0.39 is 5.41 Å². The van der Waals surface area contributed by atoms with Crippen molar-refractivity contribution in [2.24, 2.45) is 5.41 Å². The van der Waals surface area contributed by atoms with E-state index in [4.69, 9.17) is 0 Å². The summed E-state index contributed by atoms with van der Waals surface area (Å²) in [5, 5.41) is 9.70. The molecule has 0 amide bonds. The van der Waals surface area contributed by atoms with Gasteiger partial charge in [-0.3, -0.25) is 0 Å². The van der Waals surface area contributed by atoms with E-state index in [0.717, 1.165) is 17.3 Å². The third-order valence-electron chi connectivity index (χ3n) is 4.29. The van der Waals surface area contributed by atoms with Gasteiger partial charge in [-0.05, 0) is 60.6 Å². The zero-order valence-electron chi connectivity index (χ0n) is 11.6. The van der Waals surface area contributed by atoms with E-state index in [0.29, 0.717) is 18.4 Å². The smallest absolute Gasteiger partial charge is 0.126 e. The molecular weight excluding hydrogens is 329 g/mol. The molecule has 3 heteroatoms. The van der Waals surface area contributed by atoms with Crippen molar-refractivity contribution in [1.82, 2.24) is 0 Å². The highest BCUT2D eigenvalue weighted by molar-refractivity contribution is 9.10. The van der Waals surface area contributed by atoms with Gasteiger partial charge in [-0.2, -0.15) is 5.26 Å². The van der Waals surface area contributed by atoms with Crippen LogP contribution >= 0.6 is 15.9 Å². The molecule has 2 aromatic carbocycles. The second-order valence-electron chi connectivity index (χ2n) is 5.75. The third kappa shape index (κ3) is 2.87. The Morgan fingerprint density at radius 3 is 2.71 bits per heavy atom. The first-order chi connectivity index (χ1) is 10.1. The summed E-state index contributed by atoms with van der Waals surface area (Å²) in [4.78, 5) is 0. The Morgan fingerprint density at radius 1 is 1.19 bits per heavy atom. The molecule has 0 aromatic heterocycles. The van der Waals surface area contributed by atoms with Crippen LogP contribution in [0, 0.1) is 22.6 Å². The first kappa shape index (κ1) is 14.3. The number of fused-ring (bicyclic) bond motifs is 1. The first-order valence-electron chi connectivity index (χ1n) is 7.04. The fourth-order valence-electron chi connectivity index (χ4n) is 3.13. The minimum Gasteiger partial charge on any atom is -0.207 e. The highest BCUT2D eigenvalue weighted by atomic mass is 79.9. The summed E-state index contributed by atoms with van der Waals surface area (Å²) in [6.07, 6.45) is 2.83. The molecule has 1 aliphatic carbocycles. The largest absolute Gasteiger partial charge is 0.207 e. The van der Waals surface area contributed by atoms with Gasteiger partial charge in [0.05, 0.1) is 11.5 Å². The molecule has 0 spiro atoms. The molecule has 0 saturated carbocycles. The van der Waals surface area contributed by atoms with Gasteiger partial charge in [0, 0.05) is 4.47 Å². The average Bonchev–Trinajstić information content (AvgIpc) is 2.51. The van der Waals surface area contributed by atoms with Gasteiger partial charge in [0.1, 0.15) is 5.82 Å². The molecule has 21 heavy (non-hydrogen) atoms. The van der Waals surface area contributed by atoms with Crippen LogP contribution in [0.5, 0.6) is 0 Å². The van der Waals surface area contributed by atoms with Crippen molar-refractivity contribution in [3.63, 3.8) is 0 Å². The van der Waals surface area contributed by atoms with Crippen LogP contribution in [-0.4, -0.2) is 0 Å². The Morgan fingerprint density at radius 2 is 1.95 bits per heavy atom. The van der Waals surface area contributed by atoms with E-state index in [1.54, 1.807) is 12.1 Å². The average molecular weight is 344 g/mol. The topological polar surface area (TPSA) is 23.8 Å². The normalized spacial score (nSPS) is 20.6. The lowest BCUT2D eigenvalue weighted by molar-refractivity contribution is 0.335. The summed E-state index contributed by atoms with van der Waals surface area (Å²) >= 11 is 3.38. The summed E-state index contributed by atoms with van der Waals surface area (Å²) < 4.78 is 14.8. The predicted octanol–water partition coefficient (Wildman–Crippen LogP) is 4.83. The predicted molar refractivity (Wildman–Crippen MR) is 84.3 cm³/mol. The molecule has 0 heterocycles. The van der Waals surface area contributed by atoms with Gasteiger partial charge in [0.25, 0.3) is 0 Å². The Kier molecular flexibility index (Phi) is 3.82. The number of halogens is 2. The van der Waals surface area contributed by atoms with E-state index >= 15 is 0 Å². The highest BCUT2D eigenvalue weighted by Crippen LogP contribution is 2.38. The van der Waals surface area contributed by atoms with Crippen molar-refractivity contribution >= 4 is 15.9 Å². The quantitative estimate of drug-likeness (QED) is 0.766. The molecule has 0 fully saturated rings. The van der Waals surface area contributed by atoms with Crippen LogP contribution < -0.4 is 0 Å². The lowest BCUT2D eigenvalue weighted by atomic mass is 9.69. The fourth-order valence-corrected chi connectivity index (χ4v) is 3.54. The van der Waals surface area contributed by atoms with Crippen molar-refractivity contribution in [2.75, 3.05) is 0 Å². The van der Waals surface area contributed by atoms with Crippen LogP contribution in [0.1, 0.15) is 23.1 Å². The molecule has 1 nitrogen and oxygen atoms in total. The number of rotatable bonds is 2. The Bertz CT molecular complexity index is 719. The maximum absolute atomic E-state index is 14.0. The van der Waals surface area contributed by atoms with Gasteiger partial charge in [0.15, 0.2) is 0 Å². The van der Waals surface area contributed by atoms with Gasteiger partial charge in [-0.1, -0.05) is 40.2 Å². The van der Waals surface area contributed by atoms with Gasteiger partial charge in [-0.25, -0.2) is 4.39 Å². The van der Waals surface area contributed by atoms with Crippen LogP contribution in [0.4, 0.5) is 4.39 Å². The number of hydrogen-bond donors (Lipinski definition) is 0. The minimum atomic E-state index is -0.504. The molecule has 3 rings (SSSR count). The number of aryl methyl sites for hydroxylation is 1. The zero-order chi connectivity index (χ0) is 14.9. The van der Waals surface area contributed by atoms with Crippen molar-refractivity contribution in [3.05, 3.63) is 69.4 Å². The second-order valence-corrected chi connectivity index (χ2v) is 6.67. The first-order valence-corrected chi connectivity index (χ1v) is 7.83. The minimum absolute atomic E-state index is 0.230. The molecule has 0 bridgehead atoms. The molecule has 0 aliphatic heterocycles. The monoisotopic (exact) mass is 343 g/mol. The molecular formula is C18H15BrFN. The molecule has 106 valence electrons. The lowest BCUT2D eigenvalue weighted by Gasteiger charge is -2.32. The summed E-state index contributed by atoms with van der Waals surface area (Å²) in [7, 11) is 0. The molecule has 2 aromatic rings. The maximum Gasteiger partial charge on any atom is 0.126 e. The summed E-state index contributed by atoms with van der Waals surface area (Å²) in [5.74, 6) is -0.230. The highest BCUT2D eigenvalue weighted by Gasteiger charge is 2.35. The van der Waals surface area contributed by atoms with E-state index in [-0.39, 0.29) is 5.82 Å². The standard InChI is InChI=1S/C18H15BrFN/c19-16-5-6-17(20)15(9-16)11-18(12-21)8-7-13-3-1-2-4-14(13)10-18/h1-6,9H,7-8,10-11H2. The van der Waals surface area contributed by atoms with Gasteiger partial charge < -0.3 is 0 Å². The number of nitrogens with zero attached hydrogens (tertiary/aromatic N) is 1. The van der Waals surface area contributed by atoms with Crippen LogP contribution in [-0.2, 0) is 19.3 Å². The molecule has 1 unspecified atom stereocenters. The van der Waals surface area contributed by atoms with Crippen molar-refractivity contribution in [1.29, 1.82) is 5.26 Å². The second kappa shape index (κ2) is 5.61. The summed E-state index contributed by atoms with van der Waals surface area (Å²) in [5.41, 5.74) is 2.65. The van der Waals surface area contributed by atoms with Crippen LogP contribution in [0.15, 0.2) is 46.9 Å². The third-order valence-corrected chi connectivity index (χ3v) is 4.79. The van der Waals surface area contributed by atoms with E-state index in [1.807, 2.05) is 12.1 Å². The molecule has 1 aliphatic rings. The van der Waals surface area contributed by atoms with Crippen molar-refractivity contribution in [3.8, 4) is 6.07 Å². The van der Waals surface area contributed by atoms with E-state index in [1.165, 1.54) is 17.2 Å². The van der Waals surface area contributed by atoms with Crippen LogP contribution in [0.3, 0.4) is 0 Å².